The third kappa shape index (κ3) is 6.04. The number of rotatable bonds is 7. The molecule has 0 spiro atoms. The van der Waals surface area contributed by atoms with E-state index in [1.165, 1.54) is 39.6 Å². The number of morpholine rings is 1. The van der Waals surface area contributed by atoms with Crippen LogP contribution in [-0.2, 0) is 9.47 Å². The number of aryl methyl sites for hydroxylation is 1. The van der Waals surface area contributed by atoms with Crippen molar-refractivity contribution in [2.24, 2.45) is 0 Å². The van der Waals surface area contributed by atoms with E-state index in [0.717, 1.165) is 55.1 Å². The lowest BCUT2D eigenvalue weighted by Gasteiger charge is -2.41. The number of carbonyl (C=O) groups excluding carboxylic acids is 1. The Morgan fingerprint density at radius 3 is 2.45 bits per heavy atom. The molecule has 4 aliphatic rings. The van der Waals surface area contributed by atoms with Crippen LogP contribution in [0.25, 0.3) is 31.4 Å². The summed E-state index contributed by atoms with van der Waals surface area (Å²) in [7, 11) is 0. The minimum Gasteiger partial charge on any atom is -0.463 e. The van der Waals surface area contributed by atoms with Crippen molar-refractivity contribution in [2.75, 3.05) is 44.4 Å². The molecule has 6 heterocycles. The number of hydrogen-bond acceptors (Lipinski definition) is 9. The highest BCUT2D eigenvalue weighted by atomic mass is 32.1. The van der Waals surface area contributed by atoms with Crippen LogP contribution in [0.4, 0.5) is 10.6 Å². The summed E-state index contributed by atoms with van der Waals surface area (Å²) in [5.41, 5.74) is 2.83. The van der Waals surface area contributed by atoms with Crippen molar-refractivity contribution in [1.29, 1.82) is 0 Å². The van der Waals surface area contributed by atoms with Crippen LogP contribution in [0.1, 0.15) is 58.4 Å². The van der Waals surface area contributed by atoms with Crippen LogP contribution >= 0.6 is 11.3 Å². The Labute approximate surface area is 280 Å². The number of anilines is 1. The molecule has 248 valence electrons. The zero-order chi connectivity index (χ0) is 32.3. The largest absolute Gasteiger partial charge is 0.463 e. The van der Waals surface area contributed by atoms with Crippen molar-refractivity contribution in [1.82, 2.24) is 19.8 Å². The number of thiophene rings is 1. The summed E-state index contributed by atoms with van der Waals surface area (Å²) in [5, 5.41) is 2.47. The fraction of sp³-hybridized carbons (Fsp3) is 0.541. The van der Waals surface area contributed by atoms with Crippen molar-refractivity contribution in [3.05, 3.63) is 48.0 Å². The number of hydrogen-bond donors (Lipinski definition) is 0. The van der Waals surface area contributed by atoms with E-state index in [1.807, 2.05) is 25.7 Å². The number of carbonyl (C=O) groups is 1. The summed E-state index contributed by atoms with van der Waals surface area (Å²) in [6, 6.07) is 17.0. The molecule has 4 aliphatic heterocycles. The number of ether oxygens (including phenoxy) is 3. The van der Waals surface area contributed by atoms with E-state index in [4.69, 9.17) is 24.2 Å². The van der Waals surface area contributed by atoms with Crippen LogP contribution in [0.5, 0.6) is 6.01 Å². The molecule has 4 fully saturated rings. The number of nitrogens with zero attached hydrogens (tertiary/aromatic N) is 5. The van der Waals surface area contributed by atoms with Crippen LogP contribution < -0.4 is 9.64 Å². The van der Waals surface area contributed by atoms with Gasteiger partial charge in [-0.1, -0.05) is 30.3 Å². The van der Waals surface area contributed by atoms with Crippen molar-refractivity contribution in [3.63, 3.8) is 0 Å². The maximum atomic E-state index is 13.2. The molecule has 9 nitrogen and oxygen atoms in total. The molecule has 4 saturated heterocycles. The first-order valence-electron chi connectivity index (χ1n) is 17.2. The second kappa shape index (κ2) is 12.2. The molecule has 1 amide bonds. The summed E-state index contributed by atoms with van der Waals surface area (Å²) in [4.78, 5) is 31.4. The van der Waals surface area contributed by atoms with Gasteiger partial charge in [0, 0.05) is 36.6 Å². The van der Waals surface area contributed by atoms with Crippen LogP contribution in [0.2, 0.25) is 0 Å². The first kappa shape index (κ1) is 30.8. The summed E-state index contributed by atoms with van der Waals surface area (Å²) >= 11 is 1.75. The fourth-order valence-corrected chi connectivity index (χ4v) is 9.29. The van der Waals surface area contributed by atoms with E-state index in [9.17, 15) is 4.79 Å². The molecular weight excluding hydrogens is 611 g/mol. The molecular formula is C37H45N5O4S. The first-order valence-corrected chi connectivity index (χ1v) is 18.1. The van der Waals surface area contributed by atoms with Gasteiger partial charge in [-0.05, 0) is 93.8 Å². The summed E-state index contributed by atoms with van der Waals surface area (Å²) in [6.07, 6.45) is 5.11. The predicted octanol–water partition coefficient (Wildman–Crippen LogP) is 7.04. The summed E-state index contributed by atoms with van der Waals surface area (Å²) in [6.45, 7) is 12.6. The summed E-state index contributed by atoms with van der Waals surface area (Å²) < 4.78 is 19.0. The average Bonchev–Trinajstić information content (AvgIpc) is 3.64. The molecule has 4 bridgehead atoms. The molecule has 0 aliphatic carbocycles. The molecule has 0 saturated carbocycles. The minimum absolute atomic E-state index is 0.0852. The molecule has 8 rings (SSSR count). The van der Waals surface area contributed by atoms with Gasteiger partial charge in [0.2, 0.25) is 0 Å². The van der Waals surface area contributed by atoms with Gasteiger partial charge in [0.1, 0.15) is 5.60 Å². The van der Waals surface area contributed by atoms with Gasteiger partial charge in [-0.3, -0.25) is 9.80 Å². The van der Waals surface area contributed by atoms with Crippen LogP contribution in [0.3, 0.4) is 0 Å². The standard InChI is InChI=1S/C37H45N5O4S/c1-23-16-24-8-5-6-9-29(24)30(17-23)32-18-31-33(47-32)34(40-19-25-10-11-26(20-40)42(25)36(43)46-37(2,3)4)39-35(38-31)45-15-7-14-41-27-12-13-28(41)22-44-21-27/h5-6,8-9,16-18,25-28H,7,10-15,19-22H2,1-4H3. The quantitative estimate of drug-likeness (QED) is 0.196. The zero-order valence-corrected chi connectivity index (χ0v) is 28.7. The Hall–Kier alpha value is -3.47. The second-order valence-corrected chi connectivity index (χ2v) is 15.8. The average molecular weight is 656 g/mol. The third-order valence-electron chi connectivity index (χ3n) is 10.2. The van der Waals surface area contributed by atoms with Gasteiger partial charge in [0.15, 0.2) is 5.82 Å². The SMILES string of the molecule is Cc1cc(-c2cc3nc(OCCCN4C5CCC4COC5)nc(N4CC5CCC(C4)N5C(=O)OC(C)(C)C)c3s2)c2ccccc2c1. The molecule has 4 aromatic rings. The Morgan fingerprint density at radius 2 is 1.70 bits per heavy atom. The second-order valence-electron chi connectivity index (χ2n) is 14.7. The van der Waals surface area contributed by atoms with Gasteiger partial charge in [0.05, 0.1) is 42.1 Å². The van der Waals surface area contributed by atoms with Gasteiger partial charge in [-0.2, -0.15) is 9.97 Å². The Kier molecular flexibility index (Phi) is 8.01. The van der Waals surface area contributed by atoms with E-state index >= 15 is 0 Å². The Morgan fingerprint density at radius 1 is 0.979 bits per heavy atom. The van der Waals surface area contributed by atoms with E-state index in [-0.39, 0.29) is 18.2 Å². The topological polar surface area (TPSA) is 80.3 Å². The smallest absolute Gasteiger partial charge is 0.410 e. The minimum atomic E-state index is -0.520. The maximum Gasteiger partial charge on any atom is 0.410 e. The Bertz CT molecular complexity index is 1770. The molecule has 2 aromatic carbocycles. The zero-order valence-electron chi connectivity index (χ0n) is 27.9. The number of amides is 1. The van der Waals surface area contributed by atoms with Crippen LogP contribution in [-0.4, -0.2) is 95.1 Å². The lowest BCUT2D eigenvalue weighted by Crippen LogP contribution is -2.57. The van der Waals surface area contributed by atoms with Gasteiger partial charge >= 0.3 is 12.1 Å². The van der Waals surface area contributed by atoms with Gasteiger partial charge in [0.25, 0.3) is 0 Å². The van der Waals surface area contributed by atoms with Gasteiger partial charge in [-0.25, -0.2) is 4.79 Å². The lowest BCUT2D eigenvalue weighted by atomic mass is 10.0. The van der Waals surface area contributed by atoms with E-state index in [1.54, 1.807) is 11.3 Å². The van der Waals surface area contributed by atoms with E-state index in [0.29, 0.717) is 37.8 Å². The van der Waals surface area contributed by atoms with Gasteiger partial charge in [-0.15, -0.1) is 11.3 Å². The molecule has 10 heteroatoms. The normalized spacial score (nSPS) is 24.4. The number of piperazine rings is 1. The van der Waals surface area contributed by atoms with Crippen molar-refractivity contribution in [2.45, 2.75) is 89.6 Å². The van der Waals surface area contributed by atoms with E-state index in [2.05, 4.69) is 59.2 Å². The summed E-state index contributed by atoms with van der Waals surface area (Å²) in [5.74, 6) is 0.908. The fourth-order valence-electron chi connectivity index (χ4n) is 8.15. The molecule has 0 N–H and O–H groups in total. The van der Waals surface area contributed by atoms with Crippen molar-refractivity contribution in [3.8, 4) is 16.5 Å². The lowest BCUT2D eigenvalue weighted by molar-refractivity contribution is -0.0161. The number of benzene rings is 2. The molecule has 0 radical (unpaired) electrons. The third-order valence-corrected chi connectivity index (χ3v) is 11.3. The molecule has 2 aromatic heterocycles. The molecule has 47 heavy (non-hydrogen) atoms. The Balaban J connectivity index is 1.09. The molecule has 4 unspecified atom stereocenters. The monoisotopic (exact) mass is 655 g/mol. The van der Waals surface area contributed by atoms with Crippen LogP contribution in [0.15, 0.2) is 42.5 Å². The first-order chi connectivity index (χ1) is 22.7. The maximum absolute atomic E-state index is 13.2. The van der Waals surface area contributed by atoms with Gasteiger partial charge < -0.3 is 19.1 Å². The predicted molar refractivity (Wildman–Crippen MR) is 187 cm³/mol. The van der Waals surface area contributed by atoms with Crippen molar-refractivity contribution >= 4 is 44.2 Å². The number of fused-ring (bicyclic) bond motifs is 6. The highest BCUT2D eigenvalue weighted by Crippen LogP contribution is 2.43. The number of aromatic nitrogens is 2. The highest BCUT2D eigenvalue weighted by molar-refractivity contribution is 7.22. The van der Waals surface area contributed by atoms with E-state index < -0.39 is 5.60 Å². The molecule has 4 atom stereocenters. The van der Waals surface area contributed by atoms with Crippen LogP contribution in [0, 0.1) is 6.92 Å². The highest BCUT2D eigenvalue weighted by Gasteiger charge is 2.45. The van der Waals surface area contributed by atoms with Crippen molar-refractivity contribution < 1.29 is 19.0 Å².